The Morgan fingerprint density at radius 1 is 1.35 bits per heavy atom. The number of carbonyl (C=O) groups is 3. The zero-order valence-electron chi connectivity index (χ0n) is 11.6. The molecule has 2 atom stereocenters. The van der Waals surface area contributed by atoms with Gasteiger partial charge in [0.25, 0.3) is 0 Å². The largest absolute Gasteiger partial charge is 0.394 e. The summed E-state index contributed by atoms with van der Waals surface area (Å²) in [4.78, 5) is 43.4. The fourth-order valence-electron chi connectivity index (χ4n) is 1.22. The molecule has 0 saturated carbocycles. The van der Waals surface area contributed by atoms with Crippen LogP contribution in [0, 0.1) is 0 Å². The van der Waals surface area contributed by atoms with Crippen molar-refractivity contribution >= 4 is 31.2 Å². The summed E-state index contributed by atoms with van der Waals surface area (Å²) in [6, 6.07) is -1.09. The highest BCUT2D eigenvalue weighted by Crippen LogP contribution is 2.35. The first kappa shape index (κ1) is 18.8. The maximum atomic E-state index is 11.7. The summed E-state index contributed by atoms with van der Waals surface area (Å²) in [6.07, 6.45) is 2.89. The molecule has 0 aliphatic heterocycles. The quantitative estimate of drug-likeness (QED) is 0.303. The highest BCUT2D eigenvalue weighted by Gasteiger charge is 2.21. The van der Waals surface area contributed by atoms with E-state index in [2.05, 4.69) is 16.9 Å². The van der Waals surface area contributed by atoms with Crippen molar-refractivity contribution in [3.05, 3.63) is 0 Å². The van der Waals surface area contributed by atoms with Gasteiger partial charge < -0.3 is 25.2 Å². The Balaban J connectivity index is 4.24. The molecule has 20 heavy (non-hydrogen) atoms. The van der Waals surface area contributed by atoms with E-state index in [0.717, 1.165) is 0 Å². The van der Waals surface area contributed by atoms with Gasteiger partial charge >= 0.3 is 0 Å². The second-order valence-corrected chi connectivity index (χ2v) is 6.61. The van der Waals surface area contributed by atoms with Crippen molar-refractivity contribution in [1.82, 2.24) is 10.6 Å². The maximum absolute atomic E-state index is 11.7. The van der Waals surface area contributed by atoms with Gasteiger partial charge in [-0.3, -0.25) is 14.4 Å². The van der Waals surface area contributed by atoms with Crippen molar-refractivity contribution in [2.45, 2.75) is 18.9 Å². The molecule has 0 spiro atoms. The average molecular weight is 308 g/mol. The van der Waals surface area contributed by atoms with Gasteiger partial charge in [0.05, 0.1) is 13.2 Å². The number of ketones is 1. The Hall–Kier alpha value is -1.21. The van der Waals surface area contributed by atoms with E-state index in [0.29, 0.717) is 0 Å². The molecule has 9 heteroatoms. The summed E-state index contributed by atoms with van der Waals surface area (Å²) in [5, 5.41) is 13.6. The number of aliphatic hydroxyl groups excluding tert-OH is 1. The molecule has 0 radical (unpaired) electrons. The van der Waals surface area contributed by atoms with E-state index in [9.17, 15) is 19.3 Å². The molecule has 116 valence electrons. The third kappa shape index (κ3) is 8.82. The van der Waals surface area contributed by atoms with Gasteiger partial charge in [-0.2, -0.15) is 0 Å². The van der Waals surface area contributed by atoms with Crippen LogP contribution in [0.5, 0.6) is 0 Å². The Morgan fingerprint density at radius 2 is 1.95 bits per heavy atom. The number of Topliss-reactive ketones (excluding diaryl/α,β-unsaturated/α-hetero) is 1. The molecule has 2 amide bonds. The van der Waals surface area contributed by atoms with E-state index < -0.39 is 44.0 Å². The molecule has 0 bridgehead atoms. The Kier molecular flexibility index (Phi) is 8.33. The standard InChI is InChI=1S/C11H21N2O6P/c1-12-10(16)6-11(17)13-8(7-14)9(15)4-5-19-20(2,3)18/h8,14,18H,2,4-7H2,1,3H3,(H,12,16)(H,13,17). The zero-order chi connectivity index (χ0) is 15.8. The molecule has 0 aromatic heterocycles. The number of hydrogen-bond acceptors (Lipinski definition) is 6. The highest BCUT2D eigenvalue weighted by atomic mass is 31.2. The number of nitrogens with one attached hydrogen (secondary N) is 2. The molecule has 0 aliphatic carbocycles. The van der Waals surface area contributed by atoms with Gasteiger partial charge in [-0.15, -0.1) is 0 Å². The van der Waals surface area contributed by atoms with Gasteiger partial charge in [-0.1, -0.05) is 6.30 Å². The van der Waals surface area contributed by atoms with Crippen molar-refractivity contribution < 1.29 is 28.9 Å². The average Bonchev–Trinajstić information content (AvgIpc) is 2.33. The van der Waals surface area contributed by atoms with Crippen molar-refractivity contribution in [2.75, 3.05) is 26.9 Å². The molecule has 0 rings (SSSR count). The lowest BCUT2D eigenvalue weighted by atomic mass is 10.1. The molecular weight excluding hydrogens is 287 g/mol. The predicted octanol–water partition coefficient (Wildman–Crippen LogP) is -1.52. The van der Waals surface area contributed by atoms with Crippen LogP contribution in [0.15, 0.2) is 0 Å². The molecule has 0 aromatic rings. The lowest BCUT2D eigenvalue weighted by Crippen LogP contribution is -2.45. The molecular formula is C11H21N2O6P. The van der Waals surface area contributed by atoms with E-state index in [1.807, 2.05) is 0 Å². The van der Waals surface area contributed by atoms with Gasteiger partial charge in [0.15, 0.2) is 5.78 Å². The third-order valence-corrected chi connectivity index (χ3v) is 2.96. The zero-order valence-corrected chi connectivity index (χ0v) is 12.5. The first-order chi connectivity index (χ1) is 9.19. The van der Waals surface area contributed by atoms with Gasteiger partial charge in [-0.25, -0.2) is 0 Å². The fourth-order valence-corrected chi connectivity index (χ4v) is 1.71. The number of amides is 2. The lowest BCUT2D eigenvalue weighted by molar-refractivity contribution is -0.132. The first-order valence-electron chi connectivity index (χ1n) is 5.91. The van der Waals surface area contributed by atoms with Gasteiger partial charge in [-0.05, 0) is 0 Å². The van der Waals surface area contributed by atoms with Crippen LogP contribution in [0.3, 0.4) is 0 Å². The van der Waals surface area contributed by atoms with E-state index >= 15 is 0 Å². The molecule has 0 fully saturated rings. The van der Waals surface area contributed by atoms with Crippen LogP contribution < -0.4 is 10.6 Å². The van der Waals surface area contributed by atoms with Crippen LogP contribution in [-0.4, -0.2) is 66.9 Å². The Morgan fingerprint density at radius 3 is 2.40 bits per heavy atom. The summed E-state index contributed by atoms with van der Waals surface area (Å²) in [5.74, 6) is -1.60. The fraction of sp³-hybridized carbons (Fsp3) is 0.636. The first-order valence-corrected chi connectivity index (χ1v) is 8.20. The predicted molar refractivity (Wildman–Crippen MR) is 75.5 cm³/mol. The van der Waals surface area contributed by atoms with Gasteiger partial charge in [0, 0.05) is 20.1 Å². The Labute approximate surface area is 117 Å². The van der Waals surface area contributed by atoms with Gasteiger partial charge in [0.1, 0.15) is 19.8 Å². The smallest absolute Gasteiger partial charge is 0.230 e. The third-order valence-electron chi connectivity index (χ3n) is 2.22. The topological polar surface area (TPSA) is 125 Å². The molecule has 0 aromatic carbocycles. The summed E-state index contributed by atoms with van der Waals surface area (Å²) in [7, 11) is -1.28. The number of hydrogen-bond donors (Lipinski definition) is 4. The summed E-state index contributed by atoms with van der Waals surface area (Å²) < 4.78 is 4.96. The van der Waals surface area contributed by atoms with E-state index in [-0.39, 0.29) is 13.0 Å². The number of carbonyl (C=O) groups excluding carboxylic acids is 3. The van der Waals surface area contributed by atoms with Crippen molar-refractivity contribution in [3.63, 3.8) is 0 Å². The molecule has 0 heterocycles. The minimum Gasteiger partial charge on any atom is -0.394 e. The van der Waals surface area contributed by atoms with Crippen LogP contribution in [0.2, 0.25) is 0 Å². The van der Waals surface area contributed by atoms with Crippen molar-refractivity contribution in [2.24, 2.45) is 0 Å². The van der Waals surface area contributed by atoms with E-state index in [4.69, 9.17) is 9.63 Å². The molecule has 0 saturated heterocycles. The number of rotatable bonds is 9. The summed E-state index contributed by atoms with van der Waals surface area (Å²) in [5.41, 5.74) is 0. The maximum Gasteiger partial charge on any atom is 0.230 e. The van der Waals surface area contributed by atoms with Crippen molar-refractivity contribution in [1.29, 1.82) is 0 Å². The normalized spacial score (nSPS) is 15.0. The molecule has 2 unspecified atom stereocenters. The SMILES string of the molecule is C=P(C)(O)OCCC(=O)C(CO)NC(=O)CC(=O)NC. The monoisotopic (exact) mass is 308 g/mol. The second-order valence-electron chi connectivity index (χ2n) is 4.25. The highest BCUT2D eigenvalue weighted by molar-refractivity contribution is 7.62. The van der Waals surface area contributed by atoms with Crippen LogP contribution >= 0.6 is 7.34 Å². The summed E-state index contributed by atoms with van der Waals surface area (Å²) in [6.45, 7) is 0.797. The molecule has 4 N–H and O–H groups in total. The second kappa shape index (κ2) is 8.86. The number of aliphatic hydroxyl groups is 1. The molecule has 0 aliphatic rings. The van der Waals surface area contributed by atoms with Crippen LogP contribution in [0.25, 0.3) is 0 Å². The minimum absolute atomic E-state index is 0.0507. The minimum atomic E-state index is -2.67. The van der Waals surface area contributed by atoms with E-state index in [1.165, 1.54) is 13.7 Å². The van der Waals surface area contributed by atoms with Crippen LogP contribution in [0.1, 0.15) is 12.8 Å². The summed E-state index contributed by atoms with van der Waals surface area (Å²) >= 11 is 0. The van der Waals surface area contributed by atoms with Gasteiger partial charge in [0.2, 0.25) is 11.8 Å². The van der Waals surface area contributed by atoms with Crippen LogP contribution in [0.4, 0.5) is 0 Å². The molecule has 8 nitrogen and oxygen atoms in total. The van der Waals surface area contributed by atoms with E-state index in [1.54, 1.807) is 0 Å². The lowest BCUT2D eigenvalue weighted by Gasteiger charge is -2.16. The van der Waals surface area contributed by atoms with Crippen LogP contribution in [-0.2, 0) is 18.9 Å². The van der Waals surface area contributed by atoms with Crippen molar-refractivity contribution in [3.8, 4) is 0 Å². The Bertz CT molecular complexity index is 406.